The fourth-order valence-corrected chi connectivity index (χ4v) is 2.24. The maximum Gasteiger partial charge on any atom is 0.123 e. The van der Waals surface area contributed by atoms with E-state index in [1.54, 1.807) is 0 Å². The van der Waals surface area contributed by atoms with Crippen LogP contribution in [0.15, 0.2) is 24.3 Å². The van der Waals surface area contributed by atoms with Crippen LogP contribution in [0.2, 0.25) is 0 Å². The van der Waals surface area contributed by atoms with Gasteiger partial charge in [-0.3, -0.25) is 4.90 Å². The van der Waals surface area contributed by atoms with Crippen LogP contribution in [0, 0.1) is 5.82 Å². The van der Waals surface area contributed by atoms with E-state index in [1.807, 2.05) is 12.1 Å². The van der Waals surface area contributed by atoms with Crippen molar-refractivity contribution in [2.45, 2.75) is 12.5 Å². The molecule has 0 saturated carbocycles. The standard InChI is InChI=1S/C14H22FN3/c1-18-9-8-17-11-14(18)10-16-7-6-12-2-4-13(15)5-3-12/h2-5,14,16-17H,6-11H2,1H3. The van der Waals surface area contributed by atoms with Crippen LogP contribution in [-0.2, 0) is 6.42 Å². The summed E-state index contributed by atoms with van der Waals surface area (Å²) in [7, 11) is 2.17. The Kier molecular flexibility index (Phi) is 5.11. The van der Waals surface area contributed by atoms with Crippen LogP contribution < -0.4 is 10.6 Å². The average Bonchev–Trinajstić information content (AvgIpc) is 2.39. The zero-order valence-electron chi connectivity index (χ0n) is 11.0. The van der Waals surface area contributed by atoms with Gasteiger partial charge in [0, 0.05) is 32.2 Å². The van der Waals surface area contributed by atoms with Crippen molar-refractivity contribution in [1.82, 2.24) is 15.5 Å². The zero-order chi connectivity index (χ0) is 12.8. The number of hydrogen-bond donors (Lipinski definition) is 2. The molecule has 100 valence electrons. The number of halogens is 1. The Hall–Kier alpha value is -0.970. The van der Waals surface area contributed by atoms with Crippen molar-refractivity contribution < 1.29 is 4.39 Å². The summed E-state index contributed by atoms with van der Waals surface area (Å²) in [4.78, 5) is 2.39. The quantitative estimate of drug-likeness (QED) is 0.760. The molecule has 18 heavy (non-hydrogen) atoms. The van der Waals surface area contributed by atoms with Crippen molar-refractivity contribution in [3.05, 3.63) is 35.6 Å². The largest absolute Gasteiger partial charge is 0.315 e. The maximum absolute atomic E-state index is 12.7. The van der Waals surface area contributed by atoms with E-state index in [2.05, 4.69) is 22.6 Å². The second-order valence-corrected chi connectivity index (χ2v) is 4.92. The van der Waals surface area contributed by atoms with Crippen molar-refractivity contribution in [1.29, 1.82) is 0 Å². The van der Waals surface area contributed by atoms with E-state index < -0.39 is 0 Å². The first-order valence-corrected chi connectivity index (χ1v) is 6.62. The van der Waals surface area contributed by atoms with Gasteiger partial charge in [-0.2, -0.15) is 0 Å². The van der Waals surface area contributed by atoms with Gasteiger partial charge in [0.15, 0.2) is 0 Å². The molecule has 3 nitrogen and oxygen atoms in total. The third-order valence-corrected chi connectivity index (χ3v) is 3.53. The third-order valence-electron chi connectivity index (χ3n) is 3.53. The number of likely N-dealkylation sites (N-methyl/N-ethyl adjacent to an activating group) is 1. The Morgan fingerprint density at radius 1 is 1.39 bits per heavy atom. The number of nitrogens with one attached hydrogen (secondary N) is 2. The van der Waals surface area contributed by atoms with Crippen LogP contribution >= 0.6 is 0 Å². The van der Waals surface area contributed by atoms with Crippen LogP contribution in [0.4, 0.5) is 4.39 Å². The van der Waals surface area contributed by atoms with Gasteiger partial charge in [0.2, 0.25) is 0 Å². The number of nitrogens with zero attached hydrogens (tertiary/aromatic N) is 1. The second-order valence-electron chi connectivity index (χ2n) is 4.92. The molecule has 1 heterocycles. The smallest absolute Gasteiger partial charge is 0.123 e. The molecule has 2 N–H and O–H groups in total. The van der Waals surface area contributed by atoms with Gasteiger partial charge >= 0.3 is 0 Å². The molecule has 0 bridgehead atoms. The van der Waals surface area contributed by atoms with Crippen LogP contribution in [-0.4, -0.2) is 50.7 Å². The monoisotopic (exact) mass is 251 g/mol. The highest BCUT2D eigenvalue weighted by Gasteiger charge is 2.17. The summed E-state index contributed by atoms with van der Waals surface area (Å²) in [6.07, 6.45) is 0.949. The molecule has 1 aromatic carbocycles. The van der Waals surface area contributed by atoms with E-state index in [0.717, 1.165) is 39.1 Å². The van der Waals surface area contributed by atoms with E-state index in [-0.39, 0.29) is 5.82 Å². The fraction of sp³-hybridized carbons (Fsp3) is 0.571. The van der Waals surface area contributed by atoms with Gasteiger partial charge in [-0.15, -0.1) is 0 Å². The molecule has 0 aliphatic carbocycles. The molecule has 2 rings (SSSR count). The summed E-state index contributed by atoms with van der Waals surface area (Å²) in [6, 6.07) is 7.32. The molecule has 1 atom stereocenters. The van der Waals surface area contributed by atoms with Gasteiger partial charge in [-0.25, -0.2) is 4.39 Å². The number of rotatable bonds is 5. The molecular formula is C14H22FN3. The molecular weight excluding hydrogens is 229 g/mol. The van der Waals surface area contributed by atoms with Gasteiger partial charge in [0.1, 0.15) is 5.82 Å². The molecule has 1 aromatic rings. The Morgan fingerprint density at radius 2 is 2.17 bits per heavy atom. The minimum atomic E-state index is -0.165. The fourth-order valence-electron chi connectivity index (χ4n) is 2.24. The Morgan fingerprint density at radius 3 is 2.89 bits per heavy atom. The highest BCUT2D eigenvalue weighted by Crippen LogP contribution is 2.03. The summed E-state index contributed by atoms with van der Waals surface area (Å²) in [5, 5.41) is 6.88. The summed E-state index contributed by atoms with van der Waals surface area (Å²) in [5.41, 5.74) is 1.18. The van der Waals surface area contributed by atoms with E-state index in [4.69, 9.17) is 0 Å². The van der Waals surface area contributed by atoms with Crippen LogP contribution in [0.25, 0.3) is 0 Å². The van der Waals surface area contributed by atoms with Gasteiger partial charge < -0.3 is 10.6 Å². The molecule has 1 fully saturated rings. The molecule has 1 aliphatic heterocycles. The first-order chi connectivity index (χ1) is 8.75. The average molecular weight is 251 g/mol. The summed E-state index contributed by atoms with van der Waals surface area (Å²) >= 11 is 0. The molecule has 0 aromatic heterocycles. The van der Waals surface area contributed by atoms with Crippen molar-refractivity contribution in [3.8, 4) is 0 Å². The van der Waals surface area contributed by atoms with Crippen LogP contribution in [0.1, 0.15) is 5.56 Å². The van der Waals surface area contributed by atoms with Crippen LogP contribution in [0.5, 0.6) is 0 Å². The molecule has 4 heteroatoms. The van der Waals surface area contributed by atoms with Gasteiger partial charge in [-0.1, -0.05) is 12.1 Å². The van der Waals surface area contributed by atoms with E-state index >= 15 is 0 Å². The highest BCUT2D eigenvalue weighted by molar-refractivity contribution is 5.16. The number of hydrogen-bond acceptors (Lipinski definition) is 3. The van der Waals surface area contributed by atoms with E-state index in [1.165, 1.54) is 17.7 Å². The van der Waals surface area contributed by atoms with E-state index in [0.29, 0.717) is 6.04 Å². The molecule has 1 aliphatic rings. The lowest BCUT2D eigenvalue weighted by molar-refractivity contribution is 0.196. The minimum absolute atomic E-state index is 0.165. The maximum atomic E-state index is 12.7. The molecule has 1 saturated heterocycles. The first-order valence-electron chi connectivity index (χ1n) is 6.62. The third kappa shape index (κ3) is 4.05. The number of benzene rings is 1. The Balaban J connectivity index is 1.65. The lowest BCUT2D eigenvalue weighted by Gasteiger charge is -2.33. The molecule has 0 radical (unpaired) electrons. The lowest BCUT2D eigenvalue weighted by Crippen LogP contribution is -2.53. The summed E-state index contributed by atoms with van der Waals surface area (Å²) < 4.78 is 12.7. The number of piperazine rings is 1. The normalized spacial score (nSPS) is 21.1. The van der Waals surface area contributed by atoms with Gasteiger partial charge in [0.25, 0.3) is 0 Å². The SMILES string of the molecule is CN1CCNCC1CNCCc1ccc(F)cc1. The van der Waals surface area contributed by atoms with Crippen molar-refractivity contribution >= 4 is 0 Å². The summed E-state index contributed by atoms with van der Waals surface area (Å²) in [6.45, 7) is 5.20. The molecule has 0 spiro atoms. The highest BCUT2D eigenvalue weighted by atomic mass is 19.1. The topological polar surface area (TPSA) is 27.3 Å². The predicted molar refractivity (Wildman–Crippen MR) is 72.3 cm³/mol. The van der Waals surface area contributed by atoms with Crippen molar-refractivity contribution in [3.63, 3.8) is 0 Å². The second kappa shape index (κ2) is 6.83. The Labute approximate surface area is 108 Å². The zero-order valence-corrected chi connectivity index (χ0v) is 11.0. The minimum Gasteiger partial charge on any atom is -0.315 e. The first kappa shape index (κ1) is 13.5. The Bertz CT molecular complexity index is 353. The predicted octanol–water partition coefficient (Wildman–Crippen LogP) is 0.861. The van der Waals surface area contributed by atoms with Crippen molar-refractivity contribution in [2.75, 3.05) is 39.8 Å². The van der Waals surface area contributed by atoms with E-state index in [9.17, 15) is 4.39 Å². The molecule has 0 amide bonds. The summed E-state index contributed by atoms with van der Waals surface area (Å²) in [5.74, 6) is -0.165. The van der Waals surface area contributed by atoms with Crippen molar-refractivity contribution in [2.24, 2.45) is 0 Å². The van der Waals surface area contributed by atoms with Crippen LogP contribution in [0.3, 0.4) is 0 Å². The molecule has 1 unspecified atom stereocenters. The van der Waals surface area contributed by atoms with Gasteiger partial charge in [-0.05, 0) is 37.7 Å². The lowest BCUT2D eigenvalue weighted by atomic mass is 10.1. The van der Waals surface area contributed by atoms with Gasteiger partial charge in [0.05, 0.1) is 0 Å².